The molecule has 96 valence electrons. The Labute approximate surface area is 111 Å². The van der Waals surface area contributed by atoms with Crippen molar-refractivity contribution in [1.29, 1.82) is 0 Å². The molecule has 4 nitrogen and oxygen atoms in total. The number of hydrogen-bond donors (Lipinski definition) is 1. The van der Waals surface area contributed by atoms with Gasteiger partial charge >= 0.3 is 0 Å². The Bertz CT molecular complexity index is 639. The molecular weight excluding hydrogens is 246 g/mol. The average molecular weight is 263 g/mol. The maximum atomic E-state index is 11.6. The molecule has 1 aromatic carbocycles. The van der Waals surface area contributed by atoms with E-state index in [1.807, 2.05) is 23.6 Å². The summed E-state index contributed by atoms with van der Waals surface area (Å²) in [5, 5.41) is 0. The van der Waals surface area contributed by atoms with E-state index in [0.29, 0.717) is 17.7 Å². The van der Waals surface area contributed by atoms with E-state index in [2.05, 4.69) is 11.1 Å². The first-order valence-electron chi connectivity index (χ1n) is 5.88. The molecule has 5 heteroatoms. The fourth-order valence-corrected chi connectivity index (χ4v) is 2.22. The monoisotopic (exact) mass is 263 g/mol. The molecule has 1 aromatic heterocycles. The SMILES string of the molecule is Cc1ccc2[nH]c(=S)n(CCC(=O)N(C)C)c2c1. The molecule has 1 amide bonds. The second-order valence-corrected chi connectivity index (χ2v) is 5.03. The van der Waals surface area contributed by atoms with Gasteiger partial charge in [-0.05, 0) is 36.8 Å². The lowest BCUT2D eigenvalue weighted by atomic mass is 10.2. The number of aryl methyl sites for hydroxylation is 2. The van der Waals surface area contributed by atoms with Gasteiger partial charge in [0.25, 0.3) is 0 Å². The van der Waals surface area contributed by atoms with Crippen LogP contribution in [-0.4, -0.2) is 34.5 Å². The van der Waals surface area contributed by atoms with Gasteiger partial charge in [0.1, 0.15) is 0 Å². The minimum atomic E-state index is 0.110. The van der Waals surface area contributed by atoms with Crippen LogP contribution in [0.5, 0.6) is 0 Å². The molecule has 0 aliphatic carbocycles. The molecule has 0 aliphatic rings. The Hall–Kier alpha value is -1.62. The zero-order valence-electron chi connectivity index (χ0n) is 10.9. The van der Waals surface area contributed by atoms with E-state index in [9.17, 15) is 4.79 Å². The number of carbonyl (C=O) groups is 1. The van der Waals surface area contributed by atoms with Gasteiger partial charge in [-0.15, -0.1) is 0 Å². The van der Waals surface area contributed by atoms with Crippen molar-refractivity contribution >= 4 is 29.2 Å². The van der Waals surface area contributed by atoms with Crippen LogP contribution >= 0.6 is 12.2 Å². The number of benzene rings is 1. The summed E-state index contributed by atoms with van der Waals surface area (Å²) in [5.41, 5.74) is 3.26. The molecule has 0 unspecified atom stereocenters. The predicted octanol–water partition coefficient (Wildman–Crippen LogP) is 2.49. The van der Waals surface area contributed by atoms with Crippen molar-refractivity contribution in [3.05, 3.63) is 28.5 Å². The topological polar surface area (TPSA) is 41.0 Å². The van der Waals surface area contributed by atoms with E-state index in [4.69, 9.17) is 12.2 Å². The maximum Gasteiger partial charge on any atom is 0.223 e. The summed E-state index contributed by atoms with van der Waals surface area (Å²) in [5.74, 6) is 0.110. The third kappa shape index (κ3) is 2.46. The van der Waals surface area contributed by atoms with E-state index in [1.165, 1.54) is 5.56 Å². The van der Waals surface area contributed by atoms with Crippen LogP contribution in [0.4, 0.5) is 0 Å². The second-order valence-electron chi connectivity index (χ2n) is 4.64. The number of imidazole rings is 1. The Kier molecular flexibility index (Phi) is 3.52. The zero-order chi connectivity index (χ0) is 13.3. The molecule has 0 saturated carbocycles. The van der Waals surface area contributed by atoms with Gasteiger partial charge in [-0.3, -0.25) is 4.79 Å². The first-order valence-corrected chi connectivity index (χ1v) is 6.29. The van der Waals surface area contributed by atoms with E-state index in [1.54, 1.807) is 19.0 Å². The fraction of sp³-hybridized carbons (Fsp3) is 0.385. The number of carbonyl (C=O) groups excluding carboxylic acids is 1. The van der Waals surface area contributed by atoms with Crippen LogP contribution < -0.4 is 0 Å². The zero-order valence-corrected chi connectivity index (χ0v) is 11.7. The minimum absolute atomic E-state index is 0.110. The molecule has 0 spiro atoms. The number of rotatable bonds is 3. The Balaban J connectivity index is 2.33. The van der Waals surface area contributed by atoms with Crippen LogP contribution in [0, 0.1) is 11.7 Å². The summed E-state index contributed by atoms with van der Waals surface area (Å²) in [6, 6.07) is 6.15. The molecule has 0 bridgehead atoms. The van der Waals surface area contributed by atoms with Crippen molar-refractivity contribution in [2.24, 2.45) is 0 Å². The van der Waals surface area contributed by atoms with Gasteiger partial charge in [-0.1, -0.05) is 6.07 Å². The highest BCUT2D eigenvalue weighted by Crippen LogP contribution is 2.16. The van der Waals surface area contributed by atoms with Crippen LogP contribution in [-0.2, 0) is 11.3 Å². The summed E-state index contributed by atoms with van der Waals surface area (Å²) >= 11 is 5.30. The molecule has 0 atom stereocenters. The molecule has 0 aliphatic heterocycles. The average Bonchev–Trinajstić information content (AvgIpc) is 2.61. The van der Waals surface area contributed by atoms with Crippen molar-refractivity contribution in [2.75, 3.05) is 14.1 Å². The van der Waals surface area contributed by atoms with E-state index >= 15 is 0 Å². The molecule has 18 heavy (non-hydrogen) atoms. The number of nitrogens with zero attached hydrogens (tertiary/aromatic N) is 2. The lowest BCUT2D eigenvalue weighted by Crippen LogP contribution is -2.22. The summed E-state index contributed by atoms with van der Waals surface area (Å²) in [4.78, 5) is 16.4. The molecular formula is C13H17N3OS. The van der Waals surface area contributed by atoms with Crippen LogP contribution in [0.2, 0.25) is 0 Å². The Morgan fingerprint density at radius 1 is 1.44 bits per heavy atom. The van der Waals surface area contributed by atoms with E-state index in [0.717, 1.165) is 11.0 Å². The highest BCUT2D eigenvalue weighted by Gasteiger charge is 2.08. The predicted molar refractivity (Wildman–Crippen MR) is 75.2 cm³/mol. The Morgan fingerprint density at radius 2 is 2.17 bits per heavy atom. The van der Waals surface area contributed by atoms with Crippen molar-refractivity contribution in [1.82, 2.24) is 14.5 Å². The second kappa shape index (κ2) is 4.94. The Morgan fingerprint density at radius 3 is 2.83 bits per heavy atom. The summed E-state index contributed by atoms with van der Waals surface area (Å²) < 4.78 is 2.65. The first-order chi connectivity index (χ1) is 8.49. The normalized spacial score (nSPS) is 10.8. The van der Waals surface area contributed by atoms with Crippen molar-refractivity contribution in [3.8, 4) is 0 Å². The lowest BCUT2D eigenvalue weighted by molar-refractivity contribution is -0.128. The molecule has 1 heterocycles. The third-order valence-electron chi connectivity index (χ3n) is 2.98. The van der Waals surface area contributed by atoms with Crippen molar-refractivity contribution < 1.29 is 4.79 Å². The third-order valence-corrected chi connectivity index (χ3v) is 3.30. The van der Waals surface area contributed by atoms with Crippen LogP contribution in [0.3, 0.4) is 0 Å². The van der Waals surface area contributed by atoms with E-state index < -0.39 is 0 Å². The number of aromatic nitrogens is 2. The summed E-state index contributed by atoms with van der Waals surface area (Å²) in [7, 11) is 3.53. The number of amides is 1. The number of aromatic amines is 1. The minimum Gasteiger partial charge on any atom is -0.349 e. The highest BCUT2D eigenvalue weighted by atomic mass is 32.1. The number of nitrogens with one attached hydrogen (secondary N) is 1. The van der Waals surface area contributed by atoms with Gasteiger partial charge in [0.2, 0.25) is 5.91 Å². The quantitative estimate of drug-likeness (QED) is 0.864. The van der Waals surface area contributed by atoms with Gasteiger partial charge in [0.05, 0.1) is 11.0 Å². The smallest absolute Gasteiger partial charge is 0.223 e. The van der Waals surface area contributed by atoms with Crippen molar-refractivity contribution in [2.45, 2.75) is 19.9 Å². The molecule has 0 saturated heterocycles. The van der Waals surface area contributed by atoms with E-state index in [-0.39, 0.29) is 5.91 Å². The molecule has 0 radical (unpaired) electrons. The largest absolute Gasteiger partial charge is 0.349 e. The van der Waals surface area contributed by atoms with Crippen molar-refractivity contribution in [3.63, 3.8) is 0 Å². The molecule has 2 rings (SSSR count). The van der Waals surface area contributed by atoms with Crippen LogP contribution in [0.25, 0.3) is 11.0 Å². The number of fused-ring (bicyclic) bond motifs is 1. The standard InChI is InChI=1S/C13H17N3OS/c1-9-4-5-10-11(8-9)16(13(18)14-10)7-6-12(17)15(2)3/h4-5,8H,6-7H2,1-3H3,(H,14,18). The van der Waals surface area contributed by atoms with Gasteiger partial charge in [-0.2, -0.15) is 0 Å². The van der Waals surface area contributed by atoms with Gasteiger partial charge in [0.15, 0.2) is 4.77 Å². The van der Waals surface area contributed by atoms with Gasteiger partial charge < -0.3 is 14.5 Å². The summed E-state index contributed by atoms with van der Waals surface area (Å²) in [6.07, 6.45) is 0.461. The fourth-order valence-electron chi connectivity index (χ4n) is 1.92. The number of hydrogen-bond acceptors (Lipinski definition) is 2. The molecule has 1 N–H and O–H groups in total. The first kappa shape index (κ1) is 12.8. The summed E-state index contributed by atoms with van der Waals surface area (Å²) in [6.45, 7) is 2.66. The van der Waals surface area contributed by atoms with Crippen LogP contribution in [0.15, 0.2) is 18.2 Å². The number of H-pyrrole nitrogens is 1. The van der Waals surface area contributed by atoms with Gasteiger partial charge in [-0.25, -0.2) is 0 Å². The lowest BCUT2D eigenvalue weighted by Gasteiger charge is -2.10. The molecule has 2 aromatic rings. The highest BCUT2D eigenvalue weighted by molar-refractivity contribution is 7.71. The maximum absolute atomic E-state index is 11.6. The molecule has 0 fully saturated rings. The van der Waals surface area contributed by atoms with Crippen LogP contribution in [0.1, 0.15) is 12.0 Å². The van der Waals surface area contributed by atoms with Gasteiger partial charge in [0, 0.05) is 27.1 Å².